The van der Waals surface area contributed by atoms with Crippen LogP contribution in [-0.2, 0) is 6.54 Å². The third kappa shape index (κ3) is 2.73. The Bertz CT molecular complexity index is 991. The first-order valence-electron chi connectivity index (χ1n) is 9.70. The van der Waals surface area contributed by atoms with E-state index in [-0.39, 0.29) is 17.8 Å². The topological polar surface area (TPSA) is 55.5 Å². The number of likely N-dealkylation sites (N-methyl/N-ethyl adjacent to an activating group) is 1. The molecular weight excluding hydrogens is 357 g/mol. The molecule has 1 aliphatic carbocycles. The summed E-state index contributed by atoms with van der Waals surface area (Å²) in [7, 11) is 0. The molecule has 3 unspecified atom stereocenters. The van der Waals surface area contributed by atoms with E-state index in [0.717, 1.165) is 35.8 Å². The van der Waals surface area contributed by atoms with Crippen LogP contribution in [0.4, 0.5) is 4.39 Å². The number of aromatic nitrogens is 3. The number of ether oxygens (including phenoxy) is 1. The first kappa shape index (κ1) is 17.2. The molecule has 2 aliphatic heterocycles. The van der Waals surface area contributed by atoms with Crippen LogP contribution in [0, 0.1) is 17.7 Å². The maximum absolute atomic E-state index is 13.4. The van der Waals surface area contributed by atoms with E-state index in [2.05, 4.69) is 47.2 Å². The number of hydrazone groups is 1. The van der Waals surface area contributed by atoms with Gasteiger partial charge in [-0.25, -0.2) is 9.07 Å². The van der Waals surface area contributed by atoms with Gasteiger partial charge < -0.3 is 4.74 Å². The van der Waals surface area contributed by atoms with Crippen molar-refractivity contribution >= 4 is 11.8 Å². The van der Waals surface area contributed by atoms with Crippen LogP contribution in [0.3, 0.4) is 0 Å². The average molecular weight is 379 g/mol. The Morgan fingerprint density at radius 1 is 1.32 bits per heavy atom. The number of rotatable bonds is 3. The van der Waals surface area contributed by atoms with Gasteiger partial charge in [-0.3, -0.25) is 9.99 Å². The quantitative estimate of drug-likeness (QED) is 0.821. The molecule has 6 nitrogen and oxygen atoms in total. The summed E-state index contributed by atoms with van der Waals surface area (Å²) in [5.74, 6) is 0.998. The zero-order valence-electron chi connectivity index (χ0n) is 15.9. The molecule has 0 spiro atoms. The summed E-state index contributed by atoms with van der Waals surface area (Å²) in [5, 5.41) is 11.4. The van der Waals surface area contributed by atoms with Gasteiger partial charge in [-0.2, -0.15) is 10.2 Å². The normalized spacial score (nSPS) is 25.3. The van der Waals surface area contributed by atoms with E-state index >= 15 is 0 Å². The lowest BCUT2D eigenvalue weighted by molar-refractivity contribution is 0.175. The molecule has 3 aliphatic rings. The Labute approximate surface area is 163 Å². The monoisotopic (exact) mass is 379 g/mol. The van der Waals surface area contributed by atoms with Crippen LogP contribution < -0.4 is 4.74 Å². The average Bonchev–Trinajstić information content (AvgIpc) is 3.28. The summed E-state index contributed by atoms with van der Waals surface area (Å²) in [4.78, 5) is 4.27. The van der Waals surface area contributed by atoms with E-state index in [4.69, 9.17) is 9.84 Å². The fourth-order valence-electron chi connectivity index (χ4n) is 4.06. The van der Waals surface area contributed by atoms with Crippen LogP contribution in [0.1, 0.15) is 19.4 Å². The summed E-state index contributed by atoms with van der Waals surface area (Å²) >= 11 is 0. The zero-order chi connectivity index (χ0) is 19.3. The van der Waals surface area contributed by atoms with Gasteiger partial charge in [0.2, 0.25) is 5.88 Å². The molecule has 0 bridgehead atoms. The van der Waals surface area contributed by atoms with Crippen molar-refractivity contribution in [2.45, 2.75) is 26.4 Å². The van der Waals surface area contributed by atoms with Gasteiger partial charge >= 0.3 is 0 Å². The molecule has 0 N–H and O–H groups in total. The van der Waals surface area contributed by atoms with E-state index in [1.807, 2.05) is 10.9 Å². The number of halogens is 1. The van der Waals surface area contributed by atoms with Crippen LogP contribution in [0.25, 0.3) is 17.0 Å². The second kappa shape index (κ2) is 6.58. The molecule has 3 atom stereocenters. The second-order valence-electron chi connectivity index (χ2n) is 7.56. The maximum Gasteiger partial charge on any atom is 0.220 e. The fourth-order valence-corrected chi connectivity index (χ4v) is 4.06. The highest BCUT2D eigenvalue weighted by atomic mass is 19.1. The molecule has 7 heteroatoms. The third-order valence-electron chi connectivity index (χ3n) is 5.45. The van der Waals surface area contributed by atoms with Crippen molar-refractivity contribution in [3.8, 4) is 17.3 Å². The van der Waals surface area contributed by atoms with Crippen molar-refractivity contribution in [2.75, 3.05) is 13.2 Å². The molecule has 144 valence electrons. The van der Waals surface area contributed by atoms with E-state index in [9.17, 15) is 4.39 Å². The number of nitrogens with zero attached hydrogens (tertiary/aromatic N) is 5. The van der Waals surface area contributed by atoms with E-state index in [1.165, 1.54) is 12.3 Å². The van der Waals surface area contributed by atoms with Crippen LogP contribution in [0.2, 0.25) is 0 Å². The molecular formula is C21H22FN5O. The minimum atomic E-state index is -0.361. The summed E-state index contributed by atoms with van der Waals surface area (Å²) < 4.78 is 21.4. The number of allylic oxidation sites excluding steroid dienone is 2. The summed E-state index contributed by atoms with van der Waals surface area (Å²) in [6, 6.07) is 3.34. The Morgan fingerprint density at radius 3 is 3.00 bits per heavy atom. The third-order valence-corrected chi connectivity index (χ3v) is 5.45. The SMILES string of the molecule is CCN1N=CC2C=C(c3c(-c4ccc(F)cn4)nn4c3OCC(C)C4)C=CC21. The van der Waals surface area contributed by atoms with Crippen molar-refractivity contribution in [1.82, 2.24) is 19.8 Å². The highest BCUT2D eigenvalue weighted by molar-refractivity contribution is 5.89. The molecule has 0 radical (unpaired) electrons. The van der Waals surface area contributed by atoms with Crippen LogP contribution >= 0.6 is 0 Å². The summed E-state index contributed by atoms with van der Waals surface area (Å²) in [6.07, 6.45) is 9.74. The van der Waals surface area contributed by atoms with E-state index in [1.54, 1.807) is 6.07 Å². The van der Waals surface area contributed by atoms with Crippen molar-refractivity contribution in [3.63, 3.8) is 0 Å². The lowest BCUT2D eigenvalue weighted by Crippen LogP contribution is -2.30. The van der Waals surface area contributed by atoms with Gasteiger partial charge in [0.15, 0.2) is 0 Å². The Morgan fingerprint density at radius 2 is 2.21 bits per heavy atom. The van der Waals surface area contributed by atoms with E-state index < -0.39 is 0 Å². The minimum absolute atomic E-state index is 0.215. The largest absolute Gasteiger partial charge is 0.477 e. The summed E-state index contributed by atoms with van der Waals surface area (Å²) in [5.41, 5.74) is 3.33. The molecule has 28 heavy (non-hydrogen) atoms. The van der Waals surface area contributed by atoms with Crippen LogP contribution in [-0.4, -0.2) is 45.2 Å². The Balaban J connectivity index is 1.62. The molecule has 0 fully saturated rings. The number of hydrogen-bond acceptors (Lipinski definition) is 5. The van der Waals surface area contributed by atoms with E-state index in [0.29, 0.717) is 18.2 Å². The molecule has 5 rings (SSSR count). The van der Waals surface area contributed by atoms with Gasteiger partial charge in [0.25, 0.3) is 0 Å². The molecule has 4 heterocycles. The van der Waals surface area contributed by atoms with Crippen molar-refractivity contribution in [2.24, 2.45) is 16.9 Å². The predicted octanol–water partition coefficient (Wildman–Crippen LogP) is 3.37. The number of fused-ring (bicyclic) bond motifs is 2. The maximum atomic E-state index is 13.4. The molecule has 0 aromatic carbocycles. The standard InChI is InChI=1S/C21H22FN5O/c1-3-26-18-7-4-14(8-15(18)9-24-26)19-20(17-6-5-16(22)10-23-17)25-27-11-13(2)12-28-21(19)27/h4-10,13,15,18H,3,11-12H2,1-2H3. The highest BCUT2D eigenvalue weighted by Gasteiger charge is 2.33. The molecule has 0 saturated heterocycles. The molecule has 2 aromatic rings. The van der Waals surface area contributed by atoms with Gasteiger partial charge in [0.05, 0.1) is 36.6 Å². The van der Waals surface area contributed by atoms with Gasteiger partial charge in [0.1, 0.15) is 11.5 Å². The van der Waals surface area contributed by atoms with Crippen molar-refractivity contribution in [3.05, 3.63) is 47.9 Å². The number of pyridine rings is 1. The smallest absolute Gasteiger partial charge is 0.220 e. The lowest BCUT2D eigenvalue weighted by Gasteiger charge is -2.26. The van der Waals surface area contributed by atoms with Gasteiger partial charge in [-0.15, -0.1) is 0 Å². The Kier molecular flexibility index (Phi) is 4.03. The van der Waals surface area contributed by atoms with Crippen molar-refractivity contribution < 1.29 is 9.13 Å². The Hall–Kier alpha value is -2.96. The summed E-state index contributed by atoms with van der Waals surface area (Å²) in [6.45, 7) is 6.56. The fraction of sp³-hybridized carbons (Fsp3) is 0.381. The first-order valence-corrected chi connectivity index (χ1v) is 9.70. The second-order valence-corrected chi connectivity index (χ2v) is 7.56. The van der Waals surface area contributed by atoms with Crippen LogP contribution in [0.15, 0.2) is 41.7 Å². The first-order chi connectivity index (χ1) is 13.6. The van der Waals surface area contributed by atoms with Gasteiger partial charge in [-0.05, 0) is 24.6 Å². The molecule has 0 amide bonds. The van der Waals surface area contributed by atoms with Crippen LogP contribution in [0.5, 0.6) is 5.88 Å². The predicted molar refractivity (Wildman–Crippen MR) is 105 cm³/mol. The van der Waals surface area contributed by atoms with Gasteiger partial charge in [0, 0.05) is 24.6 Å². The van der Waals surface area contributed by atoms with Crippen molar-refractivity contribution in [1.29, 1.82) is 0 Å². The minimum Gasteiger partial charge on any atom is -0.477 e. The molecule has 0 saturated carbocycles. The zero-order valence-corrected chi connectivity index (χ0v) is 15.9. The number of hydrogen-bond donors (Lipinski definition) is 0. The lowest BCUT2D eigenvalue weighted by atomic mass is 9.89. The molecule has 2 aromatic heterocycles. The van der Waals surface area contributed by atoms with Gasteiger partial charge in [-0.1, -0.05) is 25.2 Å². The highest BCUT2D eigenvalue weighted by Crippen LogP contribution is 2.41.